The van der Waals surface area contributed by atoms with Crippen LogP contribution in [0.1, 0.15) is 31.9 Å². The highest BCUT2D eigenvalue weighted by molar-refractivity contribution is 7.21. The fraction of sp³-hybridized carbons (Fsp3) is 0.111. The summed E-state index contributed by atoms with van der Waals surface area (Å²) in [5.74, 6) is 0.286. The number of rotatable bonds is 4. The number of fused-ring (bicyclic) bond motifs is 1. The minimum Gasteiger partial charge on any atom is -0.508 e. The second kappa shape index (κ2) is 7.90. The number of aromatic hydroxyl groups is 2. The number of nitrogens with zero attached hydrogens (tertiary/aromatic N) is 1. The van der Waals surface area contributed by atoms with Gasteiger partial charge in [0.1, 0.15) is 5.75 Å². The molecule has 0 saturated heterocycles. The molecule has 2 N–H and O–H groups in total. The van der Waals surface area contributed by atoms with Gasteiger partial charge in [-0.2, -0.15) is 4.98 Å². The molecule has 0 saturated carbocycles. The van der Waals surface area contributed by atoms with Gasteiger partial charge in [-0.3, -0.25) is 4.79 Å². The first-order valence-electron chi connectivity index (χ1n) is 10.4. The summed E-state index contributed by atoms with van der Waals surface area (Å²) < 4.78 is 6.12. The Morgan fingerprint density at radius 1 is 0.909 bits per heavy atom. The highest BCUT2D eigenvalue weighted by Crippen LogP contribution is 2.42. The first kappa shape index (κ1) is 21.0. The van der Waals surface area contributed by atoms with Crippen LogP contribution in [-0.2, 0) is 0 Å². The van der Waals surface area contributed by atoms with Gasteiger partial charge in [-0.25, -0.2) is 0 Å². The SMILES string of the molecule is Cc1cc(C)c(C(=O)c2sc3cc(O)ccc3c2-c2ccc(-c3nc(O)co3)cc2)c(C)c1. The van der Waals surface area contributed by atoms with Crippen molar-refractivity contribution < 1.29 is 19.4 Å². The Morgan fingerprint density at radius 3 is 2.21 bits per heavy atom. The summed E-state index contributed by atoms with van der Waals surface area (Å²) in [4.78, 5) is 18.4. The zero-order chi connectivity index (χ0) is 23.3. The van der Waals surface area contributed by atoms with E-state index in [4.69, 9.17) is 4.42 Å². The molecule has 2 heterocycles. The molecule has 5 aromatic rings. The van der Waals surface area contributed by atoms with Gasteiger partial charge in [0, 0.05) is 26.8 Å². The maximum absolute atomic E-state index is 13.8. The van der Waals surface area contributed by atoms with Crippen LogP contribution >= 0.6 is 11.3 Å². The third-order valence-corrected chi connectivity index (χ3v) is 6.85. The van der Waals surface area contributed by atoms with Crippen LogP contribution in [0, 0.1) is 20.8 Å². The van der Waals surface area contributed by atoms with Crippen molar-refractivity contribution in [2.24, 2.45) is 0 Å². The molecule has 3 aromatic carbocycles. The van der Waals surface area contributed by atoms with Crippen molar-refractivity contribution in [3.63, 3.8) is 0 Å². The molecule has 0 atom stereocenters. The van der Waals surface area contributed by atoms with E-state index >= 15 is 0 Å². The molecule has 0 bridgehead atoms. The number of carbonyl (C=O) groups excluding carboxylic acids is 1. The summed E-state index contributed by atoms with van der Waals surface area (Å²) in [5, 5.41) is 20.4. The Morgan fingerprint density at radius 2 is 1.58 bits per heavy atom. The first-order valence-corrected chi connectivity index (χ1v) is 11.3. The Bertz CT molecular complexity index is 1500. The van der Waals surface area contributed by atoms with Crippen LogP contribution in [-0.4, -0.2) is 21.0 Å². The third-order valence-electron chi connectivity index (χ3n) is 5.70. The van der Waals surface area contributed by atoms with Crippen LogP contribution in [0.15, 0.2) is 65.3 Å². The lowest BCUT2D eigenvalue weighted by Gasteiger charge is -2.11. The van der Waals surface area contributed by atoms with E-state index in [9.17, 15) is 15.0 Å². The fourth-order valence-corrected chi connectivity index (χ4v) is 5.57. The molecule has 0 amide bonds. The predicted octanol–water partition coefficient (Wildman–Crippen LogP) is 6.79. The average molecular weight is 456 g/mol. The molecule has 0 radical (unpaired) electrons. The molecule has 0 aliphatic carbocycles. The maximum Gasteiger partial charge on any atom is 0.250 e. The molecule has 6 heteroatoms. The number of thiophene rings is 1. The van der Waals surface area contributed by atoms with Gasteiger partial charge in [-0.1, -0.05) is 29.8 Å². The third kappa shape index (κ3) is 3.68. The van der Waals surface area contributed by atoms with Gasteiger partial charge in [0.25, 0.3) is 5.88 Å². The van der Waals surface area contributed by atoms with Gasteiger partial charge in [-0.15, -0.1) is 11.3 Å². The van der Waals surface area contributed by atoms with Gasteiger partial charge in [0.15, 0.2) is 6.26 Å². The molecule has 5 rings (SSSR count). The van der Waals surface area contributed by atoms with E-state index < -0.39 is 0 Å². The maximum atomic E-state index is 13.8. The second-order valence-electron chi connectivity index (χ2n) is 8.18. The number of oxazole rings is 1. The standard InChI is InChI=1S/C27H21NO4S/c1-14-10-15(2)23(16(3)11-14)25(31)26-24(20-9-8-19(29)12-21(20)33-26)17-4-6-18(7-5-17)27-28-22(30)13-32-27/h4-13,29-30H,1-3H3. The molecule has 164 valence electrons. The van der Waals surface area contributed by atoms with Crippen LogP contribution in [0.3, 0.4) is 0 Å². The molecular formula is C27H21NO4S. The van der Waals surface area contributed by atoms with Crippen molar-refractivity contribution in [1.82, 2.24) is 4.98 Å². The van der Waals surface area contributed by atoms with Crippen LogP contribution < -0.4 is 0 Å². The van der Waals surface area contributed by atoms with Gasteiger partial charge in [-0.05, 0) is 67.8 Å². The summed E-state index contributed by atoms with van der Waals surface area (Å²) in [6.45, 7) is 5.95. The Kier molecular flexibility index (Phi) is 5.02. The normalized spacial score (nSPS) is 11.2. The number of phenols is 1. The van der Waals surface area contributed by atoms with Crippen molar-refractivity contribution in [3.05, 3.63) is 88.0 Å². The van der Waals surface area contributed by atoms with E-state index in [-0.39, 0.29) is 17.4 Å². The number of benzene rings is 3. The minimum absolute atomic E-state index is 0.0256. The number of ketones is 1. The summed E-state index contributed by atoms with van der Waals surface area (Å²) in [7, 11) is 0. The largest absolute Gasteiger partial charge is 0.508 e. The van der Waals surface area contributed by atoms with Gasteiger partial charge < -0.3 is 14.6 Å². The van der Waals surface area contributed by atoms with Crippen molar-refractivity contribution in [2.75, 3.05) is 0 Å². The predicted molar refractivity (Wildman–Crippen MR) is 130 cm³/mol. The minimum atomic E-state index is -0.172. The molecule has 2 aromatic heterocycles. The van der Waals surface area contributed by atoms with E-state index in [2.05, 4.69) is 4.98 Å². The molecule has 5 nitrogen and oxygen atoms in total. The summed E-state index contributed by atoms with van der Waals surface area (Å²) in [5.41, 5.74) is 6.15. The number of aryl methyl sites for hydroxylation is 3. The Hall–Kier alpha value is -3.90. The fourth-order valence-electron chi connectivity index (χ4n) is 4.36. The Balaban J connectivity index is 1.69. The van der Waals surface area contributed by atoms with Crippen molar-refractivity contribution in [2.45, 2.75) is 20.8 Å². The highest BCUT2D eigenvalue weighted by Gasteiger charge is 2.24. The number of hydrogen-bond donors (Lipinski definition) is 2. The van der Waals surface area contributed by atoms with E-state index in [1.165, 1.54) is 17.6 Å². The van der Waals surface area contributed by atoms with Crippen molar-refractivity contribution in [3.8, 4) is 34.2 Å². The number of carbonyl (C=O) groups is 1. The zero-order valence-electron chi connectivity index (χ0n) is 18.3. The summed E-state index contributed by atoms with van der Waals surface area (Å²) >= 11 is 1.39. The molecule has 0 aliphatic heterocycles. The van der Waals surface area contributed by atoms with Crippen molar-refractivity contribution in [1.29, 1.82) is 0 Å². The van der Waals surface area contributed by atoms with Crippen LogP contribution in [0.4, 0.5) is 0 Å². The number of aromatic nitrogens is 1. The number of phenolic OH excluding ortho intramolecular Hbond substituents is 1. The quantitative estimate of drug-likeness (QED) is 0.292. The lowest BCUT2D eigenvalue weighted by atomic mass is 9.92. The van der Waals surface area contributed by atoms with Gasteiger partial charge >= 0.3 is 0 Å². The molecule has 33 heavy (non-hydrogen) atoms. The van der Waals surface area contributed by atoms with E-state index in [0.29, 0.717) is 21.9 Å². The lowest BCUT2D eigenvalue weighted by molar-refractivity contribution is 0.104. The molecule has 0 unspecified atom stereocenters. The topological polar surface area (TPSA) is 83.6 Å². The molecular weight excluding hydrogens is 434 g/mol. The van der Waals surface area contributed by atoms with Gasteiger partial charge in [0.05, 0.1) is 4.88 Å². The zero-order valence-corrected chi connectivity index (χ0v) is 19.2. The average Bonchev–Trinajstić information content (AvgIpc) is 3.36. The second-order valence-corrected chi connectivity index (χ2v) is 9.23. The summed E-state index contributed by atoms with van der Waals surface area (Å²) in [6, 6.07) is 16.8. The smallest absolute Gasteiger partial charge is 0.250 e. The van der Waals surface area contributed by atoms with Crippen LogP contribution in [0.25, 0.3) is 32.7 Å². The van der Waals surface area contributed by atoms with E-state index in [1.807, 2.05) is 63.2 Å². The molecule has 0 fully saturated rings. The summed E-state index contributed by atoms with van der Waals surface area (Å²) in [6.07, 6.45) is 1.19. The van der Waals surface area contributed by atoms with Crippen LogP contribution in [0.5, 0.6) is 11.6 Å². The Labute approximate surface area is 194 Å². The number of hydrogen-bond acceptors (Lipinski definition) is 6. The first-order chi connectivity index (χ1) is 15.8. The lowest BCUT2D eigenvalue weighted by Crippen LogP contribution is -2.06. The monoisotopic (exact) mass is 455 g/mol. The highest BCUT2D eigenvalue weighted by atomic mass is 32.1. The van der Waals surface area contributed by atoms with E-state index in [0.717, 1.165) is 37.9 Å². The molecule has 0 aliphatic rings. The molecule has 0 spiro atoms. The van der Waals surface area contributed by atoms with Gasteiger partial charge in [0.2, 0.25) is 11.7 Å². The van der Waals surface area contributed by atoms with E-state index in [1.54, 1.807) is 12.1 Å². The van der Waals surface area contributed by atoms with Crippen LogP contribution in [0.2, 0.25) is 0 Å². The van der Waals surface area contributed by atoms with Crippen molar-refractivity contribution >= 4 is 27.2 Å².